The van der Waals surface area contributed by atoms with Gasteiger partial charge in [-0.3, -0.25) is 0 Å². The van der Waals surface area contributed by atoms with Gasteiger partial charge in [-0.2, -0.15) is 0 Å². The fourth-order valence-electron chi connectivity index (χ4n) is 2.61. The maximum absolute atomic E-state index is 9.97. The Kier molecular flexibility index (Phi) is 6.64. The molecule has 1 fully saturated rings. The van der Waals surface area contributed by atoms with E-state index in [4.69, 9.17) is 9.47 Å². The summed E-state index contributed by atoms with van der Waals surface area (Å²) in [7, 11) is 0. The minimum Gasteiger partial charge on any atom is -0.389 e. The smallest absolute Gasteiger partial charge is 0.0897 e. The summed E-state index contributed by atoms with van der Waals surface area (Å²) in [6.45, 7) is 6.78. The summed E-state index contributed by atoms with van der Waals surface area (Å²) in [5, 5.41) is 13.3. The van der Waals surface area contributed by atoms with Crippen LogP contribution in [0.4, 0.5) is 0 Å². The highest BCUT2D eigenvalue weighted by Gasteiger charge is 2.23. The van der Waals surface area contributed by atoms with Gasteiger partial charge >= 0.3 is 0 Å². The number of hydrogen-bond acceptors (Lipinski definition) is 4. The minimum absolute atomic E-state index is 0.00380. The molecule has 1 aromatic carbocycles. The van der Waals surface area contributed by atoms with Crippen molar-refractivity contribution in [2.24, 2.45) is 5.92 Å². The molecule has 0 bridgehead atoms. The summed E-state index contributed by atoms with van der Waals surface area (Å²) in [5.41, 5.74) is 1.13. The normalized spacial score (nSPS) is 24.9. The van der Waals surface area contributed by atoms with Crippen LogP contribution in [-0.2, 0) is 9.47 Å². The molecule has 0 spiro atoms. The number of ether oxygens (including phenoxy) is 2. The van der Waals surface area contributed by atoms with E-state index in [9.17, 15) is 5.11 Å². The molecule has 118 valence electrons. The molecule has 1 aromatic rings. The molecule has 4 atom stereocenters. The maximum atomic E-state index is 9.97. The number of rotatable bonds is 8. The molecule has 1 aliphatic rings. The predicted octanol–water partition coefficient (Wildman–Crippen LogP) is 2.14. The molecule has 0 aromatic heterocycles. The van der Waals surface area contributed by atoms with Crippen molar-refractivity contribution in [2.75, 3.05) is 26.3 Å². The molecule has 0 aliphatic carbocycles. The molecule has 2 N–H and O–H groups in total. The lowest BCUT2D eigenvalue weighted by Crippen LogP contribution is -2.35. The Morgan fingerprint density at radius 3 is 2.81 bits per heavy atom. The van der Waals surface area contributed by atoms with Gasteiger partial charge in [-0.05, 0) is 31.7 Å². The summed E-state index contributed by atoms with van der Waals surface area (Å²) in [6.07, 6.45) is 0.952. The molecule has 1 aliphatic heterocycles. The molecule has 0 amide bonds. The third-order valence-electron chi connectivity index (χ3n) is 4.13. The highest BCUT2D eigenvalue weighted by Crippen LogP contribution is 2.19. The van der Waals surface area contributed by atoms with Gasteiger partial charge in [0.2, 0.25) is 0 Å². The average molecular weight is 293 g/mol. The lowest BCUT2D eigenvalue weighted by Gasteiger charge is -2.19. The van der Waals surface area contributed by atoms with Crippen molar-refractivity contribution in [3.63, 3.8) is 0 Å². The van der Waals surface area contributed by atoms with E-state index in [0.717, 1.165) is 25.1 Å². The van der Waals surface area contributed by atoms with E-state index in [1.807, 2.05) is 37.3 Å². The van der Waals surface area contributed by atoms with Gasteiger partial charge < -0.3 is 19.9 Å². The quantitative estimate of drug-likeness (QED) is 0.771. The summed E-state index contributed by atoms with van der Waals surface area (Å²) in [6, 6.07) is 10.1. The van der Waals surface area contributed by atoms with Gasteiger partial charge in [0.25, 0.3) is 0 Å². The molecule has 4 heteroatoms. The van der Waals surface area contributed by atoms with Crippen LogP contribution in [0.15, 0.2) is 30.3 Å². The van der Waals surface area contributed by atoms with Crippen LogP contribution in [-0.4, -0.2) is 43.6 Å². The topological polar surface area (TPSA) is 50.7 Å². The molecule has 1 heterocycles. The first kappa shape index (κ1) is 16.4. The lowest BCUT2D eigenvalue weighted by molar-refractivity contribution is -0.00252. The van der Waals surface area contributed by atoms with Gasteiger partial charge in [0.1, 0.15) is 0 Å². The molecule has 4 unspecified atom stereocenters. The van der Waals surface area contributed by atoms with Crippen molar-refractivity contribution in [2.45, 2.75) is 38.6 Å². The maximum Gasteiger partial charge on any atom is 0.0897 e. The van der Waals surface area contributed by atoms with E-state index in [1.54, 1.807) is 0 Å². The first-order chi connectivity index (χ1) is 10.2. The van der Waals surface area contributed by atoms with E-state index in [2.05, 4.69) is 12.2 Å². The zero-order valence-electron chi connectivity index (χ0n) is 13.0. The SMILES string of the molecule is CC(OCC(O)CNCC1CCOC1C)c1ccccc1. The van der Waals surface area contributed by atoms with Crippen LogP contribution in [0.3, 0.4) is 0 Å². The predicted molar refractivity (Wildman–Crippen MR) is 83.2 cm³/mol. The Balaban J connectivity index is 1.60. The third kappa shape index (κ3) is 5.40. The highest BCUT2D eigenvalue weighted by molar-refractivity contribution is 5.16. The standard InChI is InChI=1S/C17H27NO3/c1-13(15-6-4-3-5-7-15)21-12-17(19)11-18-10-16-8-9-20-14(16)2/h3-7,13-14,16-19H,8-12H2,1-2H3. The van der Waals surface area contributed by atoms with Gasteiger partial charge in [0, 0.05) is 19.7 Å². The van der Waals surface area contributed by atoms with Crippen LogP contribution in [0.1, 0.15) is 31.9 Å². The first-order valence-electron chi connectivity index (χ1n) is 7.83. The number of hydrogen-bond donors (Lipinski definition) is 2. The second kappa shape index (κ2) is 8.49. The number of benzene rings is 1. The number of nitrogens with one attached hydrogen (secondary N) is 1. The lowest BCUT2D eigenvalue weighted by atomic mass is 10.0. The van der Waals surface area contributed by atoms with Crippen molar-refractivity contribution >= 4 is 0 Å². The van der Waals surface area contributed by atoms with E-state index in [0.29, 0.717) is 25.2 Å². The van der Waals surface area contributed by atoms with Crippen LogP contribution in [0.2, 0.25) is 0 Å². The molecule has 1 saturated heterocycles. The van der Waals surface area contributed by atoms with Crippen molar-refractivity contribution in [3.05, 3.63) is 35.9 Å². The van der Waals surface area contributed by atoms with Gasteiger partial charge in [0.05, 0.1) is 24.9 Å². The average Bonchev–Trinajstić information content (AvgIpc) is 2.91. The summed E-state index contributed by atoms with van der Waals surface area (Å²) >= 11 is 0. The molecule has 4 nitrogen and oxygen atoms in total. The largest absolute Gasteiger partial charge is 0.389 e. The molecule has 21 heavy (non-hydrogen) atoms. The highest BCUT2D eigenvalue weighted by atomic mass is 16.5. The van der Waals surface area contributed by atoms with Crippen molar-refractivity contribution in [1.82, 2.24) is 5.32 Å². The van der Waals surface area contributed by atoms with E-state index >= 15 is 0 Å². The van der Waals surface area contributed by atoms with Gasteiger partial charge in [-0.1, -0.05) is 30.3 Å². The Morgan fingerprint density at radius 1 is 1.38 bits per heavy atom. The van der Waals surface area contributed by atoms with Gasteiger partial charge in [-0.25, -0.2) is 0 Å². The molecular formula is C17H27NO3. The third-order valence-corrected chi connectivity index (χ3v) is 4.13. The Labute approximate surface area is 127 Å². The van der Waals surface area contributed by atoms with Crippen molar-refractivity contribution in [1.29, 1.82) is 0 Å². The Bertz CT molecular complexity index is 398. The van der Waals surface area contributed by atoms with Crippen LogP contribution < -0.4 is 5.32 Å². The fourth-order valence-corrected chi connectivity index (χ4v) is 2.61. The summed E-state index contributed by atoms with van der Waals surface area (Å²) in [5.74, 6) is 0.557. The molecule has 0 saturated carbocycles. The zero-order chi connectivity index (χ0) is 15.1. The molecular weight excluding hydrogens is 266 g/mol. The van der Waals surface area contributed by atoms with Gasteiger partial charge in [0.15, 0.2) is 0 Å². The molecule has 2 rings (SSSR count). The van der Waals surface area contributed by atoms with E-state index < -0.39 is 6.10 Å². The van der Waals surface area contributed by atoms with Crippen LogP contribution in [0, 0.1) is 5.92 Å². The Hall–Kier alpha value is -0.940. The first-order valence-corrected chi connectivity index (χ1v) is 7.83. The number of aliphatic hydroxyl groups is 1. The van der Waals surface area contributed by atoms with Crippen LogP contribution in [0.25, 0.3) is 0 Å². The second-order valence-electron chi connectivity index (χ2n) is 5.82. The van der Waals surface area contributed by atoms with E-state index in [1.165, 1.54) is 0 Å². The van der Waals surface area contributed by atoms with Gasteiger partial charge in [-0.15, -0.1) is 0 Å². The zero-order valence-corrected chi connectivity index (χ0v) is 13.0. The number of aliphatic hydroxyl groups excluding tert-OH is 1. The second-order valence-corrected chi connectivity index (χ2v) is 5.82. The monoisotopic (exact) mass is 293 g/mol. The van der Waals surface area contributed by atoms with Crippen LogP contribution in [0.5, 0.6) is 0 Å². The van der Waals surface area contributed by atoms with Crippen molar-refractivity contribution in [3.8, 4) is 0 Å². The summed E-state index contributed by atoms with van der Waals surface area (Å²) in [4.78, 5) is 0. The van der Waals surface area contributed by atoms with Crippen LogP contribution >= 0.6 is 0 Å². The van der Waals surface area contributed by atoms with E-state index in [-0.39, 0.29) is 6.10 Å². The fraction of sp³-hybridized carbons (Fsp3) is 0.647. The molecule has 0 radical (unpaired) electrons. The van der Waals surface area contributed by atoms with Crippen molar-refractivity contribution < 1.29 is 14.6 Å². The Morgan fingerprint density at radius 2 is 2.14 bits per heavy atom. The summed E-state index contributed by atoms with van der Waals surface area (Å²) < 4.78 is 11.2. The minimum atomic E-state index is -0.478.